The van der Waals surface area contributed by atoms with Crippen LogP contribution in [0, 0.1) is 0 Å². The average molecular weight is 369 g/mol. The standard InChI is InChI=1S/C16H23N3O5S/c1-9(2)25(23,24)10(3)14(20)19-13-7-11(15(21)17-4)6-12(8-13)16(22)18-5/h6-10H,1-5H3,(H,17,21)(H,18,22)(H,19,20). The minimum atomic E-state index is -3.63. The molecule has 0 aliphatic rings. The van der Waals surface area contributed by atoms with E-state index >= 15 is 0 Å². The minimum Gasteiger partial charge on any atom is -0.355 e. The summed E-state index contributed by atoms with van der Waals surface area (Å²) < 4.78 is 24.2. The first-order valence-electron chi connectivity index (χ1n) is 7.67. The van der Waals surface area contributed by atoms with Gasteiger partial charge in [-0.15, -0.1) is 0 Å². The number of anilines is 1. The van der Waals surface area contributed by atoms with Gasteiger partial charge in [0, 0.05) is 30.9 Å². The highest BCUT2D eigenvalue weighted by molar-refractivity contribution is 7.93. The molecule has 0 radical (unpaired) electrons. The Morgan fingerprint density at radius 1 is 0.880 bits per heavy atom. The zero-order valence-corrected chi connectivity index (χ0v) is 15.7. The molecule has 1 aromatic carbocycles. The van der Waals surface area contributed by atoms with Crippen molar-refractivity contribution >= 4 is 33.2 Å². The van der Waals surface area contributed by atoms with Crippen LogP contribution in [-0.2, 0) is 14.6 Å². The van der Waals surface area contributed by atoms with Gasteiger partial charge in [0.15, 0.2) is 9.84 Å². The second-order valence-corrected chi connectivity index (χ2v) is 8.55. The number of rotatable bonds is 6. The Morgan fingerprint density at radius 2 is 1.32 bits per heavy atom. The molecular weight excluding hydrogens is 346 g/mol. The Bertz CT molecular complexity index is 753. The van der Waals surface area contributed by atoms with Gasteiger partial charge in [-0.05, 0) is 39.0 Å². The molecule has 25 heavy (non-hydrogen) atoms. The molecule has 0 saturated carbocycles. The van der Waals surface area contributed by atoms with Gasteiger partial charge in [-0.1, -0.05) is 0 Å². The number of hydrogen-bond acceptors (Lipinski definition) is 5. The van der Waals surface area contributed by atoms with Crippen molar-refractivity contribution in [3.63, 3.8) is 0 Å². The molecule has 0 aliphatic carbocycles. The van der Waals surface area contributed by atoms with Crippen molar-refractivity contribution < 1.29 is 22.8 Å². The van der Waals surface area contributed by atoms with Crippen LogP contribution in [0.3, 0.4) is 0 Å². The number of hydrogen-bond donors (Lipinski definition) is 3. The van der Waals surface area contributed by atoms with Crippen LogP contribution in [0.5, 0.6) is 0 Å². The zero-order chi connectivity index (χ0) is 19.4. The number of sulfone groups is 1. The van der Waals surface area contributed by atoms with Gasteiger partial charge < -0.3 is 16.0 Å². The topological polar surface area (TPSA) is 121 Å². The lowest BCUT2D eigenvalue weighted by atomic mass is 10.1. The van der Waals surface area contributed by atoms with Crippen LogP contribution in [0.15, 0.2) is 18.2 Å². The van der Waals surface area contributed by atoms with Crippen LogP contribution < -0.4 is 16.0 Å². The van der Waals surface area contributed by atoms with Crippen molar-refractivity contribution in [1.82, 2.24) is 10.6 Å². The summed E-state index contributed by atoms with van der Waals surface area (Å²) in [7, 11) is -0.759. The predicted octanol–water partition coefficient (Wildman–Crippen LogP) is 0.556. The summed E-state index contributed by atoms with van der Waals surface area (Å²) in [6, 6.07) is 4.12. The molecule has 8 nitrogen and oxygen atoms in total. The summed E-state index contributed by atoms with van der Waals surface area (Å²) in [5.74, 6) is -1.61. The van der Waals surface area contributed by atoms with Crippen molar-refractivity contribution in [2.75, 3.05) is 19.4 Å². The van der Waals surface area contributed by atoms with E-state index in [1.807, 2.05) is 0 Å². The summed E-state index contributed by atoms with van der Waals surface area (Å²) in [6.45, 7) is 4.29. The molecule has 0 saturated heterocycles. The number of nitrogens with one attached hydrogen (secondary N) is 3. The van der Waals surface area contributed by atoms with E-state index in [2.05, 4.69) is 16.0 Å². The SMILES string of the molecule is CNC(=O)c1cc(NC(=O)C(C)S(=O)(=O)C(C)C)cc(C(=O)NC)c1. The number of amides is 3. The molecule has 138 valence electrons. The van der Waals surface area contributed by atoms with E-state index in [4.69, 9.17) is 0 Å². The van der Waals surface area contributed by atoms with Gasteiger partial charge in [-0.25, -0.2) is 8.42 Å². The lowest BCUT2D eigenvalue weighted by Gasteiger charge is -2.16. The van der Waals surface area contributed by atoms with Crippen molar-refractivity contribution in [2.45, 2.75) is 31.3 Å². The molecule has 1 atom stereocenters. The molecule has 0 fully saturated rings. The Balaban J connectivity index is 3.22. The highest BCUT2D eigenvalue weighted by atomic mass is 32.2. The Hall–Kier alpha value is -2.42. The molecule has 0 bridgehead atoms. The molecule has 1 rings (SSSR count). The Kier molecular flexibility index (Phi) is 6.69. The van der Waals surface area contributed by atoms with Gasteiger partial charge in [-0.3, -0.25) is 14.4 Å². The molecule has 9 heteroatoms. The lowest BCUT2D eigenvalue weighted by Crippen LogP contribution is -2.36. The van der Waals surface area contributed by atoms with E-state index < -0.39 is 38.1 Å². The third kappa shape index (κ3) is 4.79. The maximum atomic E-state index is 12.3. The molecule has 1 unspecified atom stereocenters. The fourth-order valence-electron chi connectivity index (χ4n) is 2.05. The van der Waals surface area contributed by atoms with Gasteiger partial charge in [0.2, 0.25) is 5.91 Å². The first kappa shape index (κ1) is 20.6. The highest BCUT2D eigenvalue weighted by Gasteiger charge is 2.31. The molecular formula is C16H23N3O5S. The second kappa shape index (κ2) is 8.11. The molecule has 3 N–H and O–H groups in total. The monoisotopic (exact) mass is 369 g/mol. The van der Waals surface area contributed by atoms with E-state index in [1.54, 1.807) is 0 Å². The van der Waals surface area contributed by atoms with E-state index in [-0.39, 0.29) is 16.8 Å². The summed E-state index contributed by atoms with van der Waals surface area (Å²) in [5.41, 5.74) is 0.493. The molecule has 0 spiro atoms. The molecule has 0 heterocycles. The van der Waals surface area contributed by atoms with Crippen molar-refractivity contribution in [2.24, 2.45) is 0 Å². The fourth-order valence-corrected chi connectivity index (χ4v) is 3.23. The van der Waals surface area contributed by atoms with E-state index in [9.17, 15) is 22.8 Å². The second-order valence-electron chi connectivity index (χ2n) is 5.73. The normalized spacial score (nSPS) is 12.4. The van der Waals surface area contributed by atoms with Gasteiger partial charge in [-0.2, -0.15) is 0 Å². The number of carbonyl (C=O) groups is 3. The summed E-state index contributed by atoms with van der Waals surface area (Å²) in [6.07, 6.45) is 0. The third-order valence-corrected chi connectivity index (χ3v) is 6.21. The Morgan fingerprint density at radius 3 is 1.68 bits per heavy atom. The van der Waals surface area contributed by atoms with Crippen LogP contribution in [0.25, 0.3) is 0 Å². The molecule has 0 aliphatic heterocycles. The van der Waals surface area contributed by atoms with Gasteiger partial charge in [0.1, 0.15) is 5.25 Å². The highest BCUT2D eigenvalue weighted by Crippen LogP contribution is 2.18. The van der Waals surface area contributed by atoms with Crippen molar-refractivity contribution in [3.05, 3.63) is 29.3 Å². The molecule has 3 amide bonds. The first-order valence-corrected chi connectivity index (χ1v) is 9.28. The van der Waals surface area contributed by atoms with E-state index in [1.165, 1.54) is 53.1 Å². The van der Waals surface area contributed by atoms with Crippen LogP contribution >= 0.6 is 0 Å². The van der Waals surface area contributed by atoms with Gasteiger partial charge in [0.05, 0.1) is 5.25 Å². The van der Waals surface area contributed by atoms with Gasteiger partial charge >= 0.3 is 0 Å². The minimum absolute atomic E-state index is 0.163. The summed E-state index contributed by atoms with van der Waals surface area (Å²) in [4.78, 5) is 36.0. The van der Waals surface area contributed by atoms with E-state index in [0.717, 1.165) is 0 Å². The maximum absolute atomic E-state index is 12.3. The predicted molar refractivity (Wildman–Crippen MR) is 95.4 cm³/mol. The molecule has 1 aromatic rings. The lowest BCUT2D eigenvalue weighted by molar-refractivity contribution is -0.115. The summed E-state index contributed by atoms with van der Waals surface area (Å²) in [5, 5.41) is 5.35. The first-order chi connectivity index (χ1) is 11.5. The maximum Gasteiger partial charge on any atom is 0.251 e. The van der Waals surface area contributed by atoms with Crippen molar-refractivity contribution in [1.29, 1.82) is 0 Å². The Labute approximate surface area is 147 Å². The van der Waals surface area contributed by atoms with Crippen molar-refractivity contribution in [3.8, 4) is 0 Å². The zero-order valence-electron chi connectivity index (χ0n) is 14.8. The smallest absolute Gasteiger partial charge is 0.251 e. The fraction of sp³-hybridized carbons (Fsp3) is 0.438. The average Bonchev–Trinajstić information content (AvgIpc) is 2.58. The van der Waals surface area contributed by atoms with Crippen LogP contribution in [0.4, 0.5) is 5.69 Å². The number of carbonyl (C=O) groups excluding carboxylic acids is 3. The quantitative estimate of drug-likeness (QED) is 0.676. The largest absolute Gasteiger partial charge is 0.355 e. The van der Waals surface area contributed by atoms with Crippen LogP contribution in [-0.4, -0.2) is 50.7 Å². The van der Waals surface area contributed by atoms with Crippen LogP contribution in [0.2, 0.25) is 0 Å². The number of benzene rings is 1. The summed E-state index contributed by atoms with van der Waals surface area (Å²) >= 11 is 0. The third-order valence-electron chi connectivity index (χ3n) is 3.70. The van der Waals surface area contributed by atoms with E-state index in [0.29, 0.717) is 0 Å². The van der Waals surface area contributed by atoms with Crippen LogP contribution in [0.1, 0.15) is 41.5 Å². The molecule has 0 aromatic heterocycles. The van der Waals surface area contributed by atoms with Gasteiger partial charge in [0.25, 0.3) is 11.8 Å².